The standard InChI is InChI=1S/C20H15F2N3O2S/c1-26-18-6-3-12(7-19(18)27-2)17-11-28-20(25-17)13(9-23)10-24-14-4-5-15(21)16(22)8-14/h3-8,10-11,24H,1-2H3. The number of halogens is 2. The Morgan fingerprint density at radius 3 is 2.57 bits per heavy atom. The molecule has 8 heteroatoms. The maximum Gasteiger partial charge on any atom is 0.161 e. The van der Waals surface area contributed by atoms with E-state index in [1.54, 1.807) is 26.4 Å². The summed E-state index contributed by atoms with van der Waals surface area (Å²) in [5, 5.41) is 14.5. The van der Waals surface area contributed by atoms with Crippen molar-refractivity contribution in [3.63, 3.8) is 0 Å². The van der Waals surface area contributed by atoms with Crippen LogP contribution in [0.3, 0.4) is 0 Å². The van der Waals surface area contributed by atoms with Crippen LogP contribution in [-0.4, -0.2) is 19.2 Å². The Labute approximate surface area is 164 Å². The smallest absolute Gasteiger partial charge is 0.161 e. The molecule has 3 rings (SSSR count). The molecule has 142 valence electrons. The number of benzene rings is 2. The molecule has 0 aliphatic carbocycles. The van der Waals surface area contributed by atoms with Gasteiger partial charge >= 0.3 is 0 Å². The van der Waals surface area contributed by atoms with Gasteiger partial charge in [-0.3, -0.25) is 0 Å². The summed E-state index contributed by atoms with van der Waals surface area (Å²) in [4.78, 5) is 4.48. The molecule has 0 spiro atoms. The van der Waals surface area contributed by atoms with Gasteiger partial charge in [-0.2, -0.15) is 5.26 Å². The Balaban J connectivity index is 1.85. The Bertz CT molecular complexity index is 1070. The zero-order chi connectivity index (χ0) is 20.1. The molecule has 0 fully saturated rings. The number of hydrogen-bond donors (Lipinski definition) is 1. The number of nitriles is 1. The molecule has 0 bridgehead atoms. The van der Waals surface area contributed by atoms with Crippen molar-refractivity contribution in [2.75, 3.05) is 19.5 Å². The fourth-order valence-corrected chi connectivity index (χ4v) is 3.20. The van der Waals surface area contributed by atoms with E-state index in [0.717, 1.165) is 17.7 Å². The first-order valence-corrected chi connectivity index (χ1v) is 8.94. The molecule has 0 radical (unpaired) electrons. The normalized spacial score (nSPS) is 11.0. The average Bonchev–Trinajstić information content (AvgIpc) is 3.20. The van der Waals surface area contributed by atoms with Crippen LogP contribution < -0.4 is 14.8 Å². The highest BCUT2D eigenvalue weighted by Crippen LogP contribution is 2.33. The zero-order valence-corrected chi connectivity index (χ0v) is 15.8. The van der Waals surface area contributed by atoms with E-state index in [0.29, 0.717) is 27.9 Å². The highest BCUT2D eigenvalue weighted by Gasteiger charge is 2.12. The molecule has 0 saturated carbocycles. The maximum atomic E-state index is 13.3. The Hall–Kier alpha value is -3.44. The van der Waals surface area contributed by atoms with Gasteiger partial charge in [-0.25, -0.2) is 13.8 Å². The molecule has 0 atom stereocenters. The lowest BCUT2D eigenvalue weighted by atomic mass is 10.1. The van der Waals surface area contributed by atoms with Crippen molar-refractivity contribution in [1.82, 2.24) is 4.98 Å². The lowest BCUT2D eigenvalue weighted by molar-refractivity contribution is 0.355. The van der Waals surface area contributed by atoms with Gasteiger partial charge in [0.05, 0.1) is 19.9 Å². The van der Waals surface area contributed by atoms with Crippen LogP contribution in [0.5, 0.6) is 11.5 Å². The van der Waals surface area contributed by atoms with Gasteiger partial charge in [-0.15, -0.1) is 11.3 Å². The summed E-state index contributed by atoms with van der Waals surface area (Å²) in [6.45, 7) is 0. The largest absolute Gasteiger partial charge is 0.493 e. The molecule has 0 aliphatic heterocycles. The van der Waals surface area contributed by atoms with Crippen molar-refractivity contribution < 1.29 is 18.3 Å². The van der Waals surface area contributed by atoms with E-state index in [2.05, 4.69) is 16.4 Å². The number of allylic oxidation sites excluding steroid dienone is 1. The Morgan fingerprint density at radius 1 is 1.11 bits per heavy atom. The fraction of sp³-hybridized carbons (Fsp3) is 0.100. The molecule has 1 N–H and O–H groups in total. The van der Waals surface area contributed by atoms with Crippen molar-refractivity contribution in [3.8, 4) is 28.8 Å². The van der Waals surface area contributed by atoms with Crippen molar-refractivity contribution in [3.05, 3.63) is 64.6 Å². The van der Waals surface area contributed by atoms with Crippen LogP contribution >= 0.6 is 11.3 Å². The monoisotopic (exact) mass is 399 g/mol. The minimum Gasteiger partial charge on any atom is -0.493 e. The average molecular weight is 399 g/mol. The van der Waals surface area contributed by atoms with Gasteiger partial charge in [-0.05, 0) is 30.3 Å². The van der Waals surface area contributed by atoms with Crippen LogP contribution in [0.1, 0.15) is 5.01 Å². The van der Waals surface area contributed by atoms with E-state index < -0.39 is 11.6 Å². The predicted molar refractivity (Wildman–Crippen MR) is 104 cm³/mol. The maximum absolute atomic E-state index is 13.3. The third-order valence-electron chi connectivity index (χ3n) is 3.84. The Morgan fingerprint density at radius 2 is 1.89 bits per heavy atom. The quantitative estimate of drug-likeness (QED) is 0.586. The number of thiazole rings is 1. The minimum atomic E-state index is -0.970. The number of aromatic nitrogens is 1. The second kappa shape index (κ2) is 8.50. The molecule has 5 nitrogen and oxygen atoms in total. The number of methoxy groups -OCH3 is 2. The molecular weight excluding hydrogens is 384 g/mol. The van der Waals surface area contributed by atoms with Gasteiger partial charge < -0.3 is 14.8 Å². The van der Waals surface area contributed by atoms with Crippen LogP contribution in [0.25, 0.3) is 16.8 Å². The summed E-state index contributed by atoms with van der Waals surface area (Å²) in [6, 6.07) is 10.9. The van der Waals surface area contributed by atoms with Gasteiger partial charge in [-0.1, -0.05) is 0 Å². The number of nitrogens with zero attached hydrogens (tertiary/aromatic N) is 2. The van der Waals surface area contributed by atoms with Gasteiger partial charge in [0.15, 0.2) is 23.1 Å². The van der Waals surface area contributed by atoms with Crippen molar-refractivity contribution in [1.29, 1.82) is 5.26 Å². The molecule has 1 aromatic heterocycles. The van der Waals surface area contributed by atoms with Crippen molar-refractivity contribution >= 4 is 22.6 Å². The van der Waals surface area contributed by atoms with E-state index in [4.69, 9.17) is 9.47 Å². The first-order valence-electron chi connectivity index (χ1n) is 8.06. The Kier molecular flexibility index (Phi) is 5.87. The minimum absolute atomic E-state index is 0.265. The molecular formula is C20H15F2N3O2S. The second-order valence-electron chi connectivity index (χ2n) is 5.55. The number of ether oxygens (including phenoxy) is 2. The number of hydrogen-bond acceptors (Lipinski definition) is 6. The summed E-state index contributed by atoms with van der Waals surface area (Å²) in [5.74, 6) is -0.725. The van der Waals surface area contributed by atoms with Crippen LogP contribution in [-0.2, 0) is 0 Å². The second-order valence-corrected chi connectivity index (χ2v) is 6.41. The van der Waals surface area contributed by atoms with Crippen LogP contribution in [0.2, 0.25) is 0 Å². The topological polar surface area (TPSA) is 67.2 Å². The van der Waals surface area contributed by atoms with Crippen LogP contribution in [0.4, 0.5) is 14.5 Å². The zero-order valence-electron chi connectivity index (χ0n) is 15.0. The van der Waals surface area contributed by atoms with Crippen molar-refractivity contribution in [2.45, 2.75) is 0 Å². The number of rotatable bonds is 6. The van der Waals surface area contributed by atoms with Gasteiger partial charge in [0.25, 0.3) is 0 Å². The summed E-state index contributed by atoms with van der Waals surface area (Å²) >= 11 is 1.29. The van der Waals surface area contributed by atoms with Gasteiger partial charge in [0, 0.05) is 28.9 Å². The predicted octanol–water partition coefficient (Wildman–Crippen LogP) is 5.08. The molecule has 1 heterocycles. The molecule has 3 aromatic rings. The summed E-state index contributed by atoms with van der Waals surface area (Å²) in [5.41, 5.74) is 2.07. The van der Waals surface area contributed by atoms with Crippen LogP contribution in [0.15, 0.2) is 48.0 Å². The summed E-state index contributed by atoms with van der Waals surface area (Å²) in [7, 11) is 3.11. The van der Waals surface area contributed by atoms with E-state index in [1.807, 2.05) is 11.4 Å². The molecule has 0 amide bonds. The molecule has 2 aromatic carbocycles. The SMILES string of the molecule is COc1ccc(-c2csc(C(C#N)=CNc3ccc(F)c(F)c3)n2)cc1OC. The van der Waals surface area contributed by atoms with E-state index in [-0.39, 0.29) is 5.57 Å². The number of anilines is 1. The third-order valence-corrected chi connectivity index (χ3v) is 4.71. The number of nitrogens with one attached hydrogen (secondary N) is 1. The molecule has 28 heavy (non-hydrogen) atoms. The molecule has 0 aliphatic rings. The summed E-state index contributed by atoms with van der Waals surface area (Å²) in [6.07, 6.45) is 1.41. The highest BCUT2D eigenvalue weighted by molar-refractivity contribution is 7.11. The van der Waals surface area contributed by atoms with E-state index in [1.165, 1.54) is 23.6 Å². The first-order chi connectivity index (χ1) is 13.5. The summed E-state index contributed by atoms with van der Waals surface area (Å²) < 4.78 is 36.8. The first kappa shape index (κ1) is 19.3. The third kappa shape index (κ3) is 4.10. The van der Waals surface area contributed by atoms with Crippen LogP contribution in [0, 0.1) is 23.0 Å². The lowest BCUT2D eigenvalue weighted by Crippen LogP contribution is -1.93. The van der Waals surface area contributed by atoms with Crippen molar-refractivity contribution in [2.24, 2.45) is 0 Å². The molecule has 0 unspecified atom stereocenters. The lowest BCUT2D eigenvalue weighted by Gasteiger charge is -2.08. The van der Waals surface area contributed by atoms with Gasteiger partial charge in [0.1, 0.15) is 16.6 Å². The van der Waals surface area contributed by atoms with E-state index in [9.17, 15) is 14.0 Å². The highest BCUT2D eigenvalue weighted by atomic mass is 32.1. The van der Waals surface area contributed by atoms with E-state index >= 15 is 0 Å². The van der Waals surface area contributed by atoms with Gasteiger partial charge in [0.2, 0.25) is 0 Å². The molecule has 0 saturated heterocycles. The fourth-order valence-electron chi connectivity index (χ4n) is 2.41.